The van der Waals surface area contributed by atoms with Crippen LogP contribution in [0.4, 0.5) is 0 Å². The average molecular weight is 351 g/mol. The van der Waals surface area contributed by atoms with Gasteiger partial charge in [-0.1, -0.05) is 11.2 Å². The number of pyridine rings is 1. The van der Waals surface area contributed by atoms with E-state index in [1.807, 2.05) is 0 Å². The topological polar surface area (TPSA) is 111 Å². The normalized spacial score (nSPS) is 11.1. The van der Waals surface area contributed by atoms with Gasteiger partial charge in [0.25, 0.3) is 0 Å². The van der Waals surface area contributed by atoms with Gasteiger partial charge in [0.05, 0.1) is 6.54 Å². The molecular weight excluding hydrogens is 338 g/mol. The van der Waals surface area contributed by atoms with E-state index in [4.69, 9.17) is 8.94 Å². The lowest BCUT2D eigenvalue weighted by Gasteiger charge is -2.09. The van der Waals surface area contributed by atoms with E-state index in [0.717, 1.165) is 0 Å². The molecule has 3 aromatic heterocycles. The standard InChI is InChI=1S/C18H13N3O5/c1-10-14(22)6-5-12-11(8-15(23)25-16(10)12)9-21-17(20-26-18(21)24)13-4-2-3-7-19-13/h2-8,22H,9H2,1H3. The Balaban J connectivity index is 1.90. The minimum absolute atomic E-state index is 0.0223. The molecule has 0 unspecified atom stereocenters. The highest BCUT2D eigenvalue weighted by Gasteiger charge is 2.17. The maximum atomic E-state index is 12.1. The minimum Gasteiger partial charge on any atom is -0.508 e. The van der Waals surface area contributed by atoms with Crippen molar-refractivity contribution in [2.45, 2.75) is 13.5 Å². The van der Waals surface area contributed by atoms with Crippen molar-refractivity contribution in [3.63, 3.8) is 0 Å². The van der Waals surface area contributed by atoms with Gasteiger partial charge < -0.3 is 9.52 Å². The van der Waals surface area contributed by atoms with Gasteiger partial charge in [-0.25, -0.2) is 9.59 Å². The van der Waals surface area contributed by atoms with E-state index < -0.39 is 11.4 Å². The van der Waals surface area contributed by atoms with Crippen LogP contribution in [0.1, 0.15) is 11.1 Å². The largest absolute Gasteiger partial charge is 0.508 e. The number of fused-ring (bicyclic) bond motifs is 1. The summed E-state index contributed by atoms with van der Waals surface area (Å²) in [5.74, 6) is -0.385. The first kappa shape index (κ1) is 15.8. The molecule has 0 atom stereocenters. The van der Waals surface area contributed by atoms with Crippen molar-refractivity contribution in [1.29, 1.82) is 0 Å². The summed E-state index contributed by atoms with van der Waals surface area (Å²) in [4.78, 5) is 28.2. The summed E-state index contributed by atoms with van der Waals surface area (Å²) in [5, 5.41) is 14.2. The molecule has 8 heteroatoms. The zero-order valence-corrected chi connectivity index (χ0v) is 13.7. The number of aryl methyl sites for hydroxylation is 1. The Bertz CT molecular complexity index is 1220. The molecule has 0 spiro atoms. The third kappa shape index (κ3) is 2.57. The number of hydrogen-bond donors (Lipinski definition) is 1. The highest BCUT2D eigenvalue weighted by Crippen LogP contribution is 2.28. The average Bonchev–Trinajstić information content (AvgIpc) is 3.00. The molecule has 8 nitrogen and oxygen atoms in total. The van der Waals surface area contributed by atoms with E-state index in [1.165, 1.54) is 16.7 Å². The molecule has 0 aliphatic rings. The lowest BCUT2D eigenvalue weighted by Crippen LogP contribution is -2.18. The van der Waals surface area contributed by atoms with Crippen molar-refractivity contribution in [2.24, 2.45) is 0 Å². The second kappa shape index (κ2) is 5.99. The van der Waals surface area contributed by atoms with E-state index in [-0.39, 0.29) is 23.7 Å². The van der Waals surface area contributed by atoms with Gasteiger partial charge in [0, 0.05) is 23.2 Å². The number of hydrogen-bond acceptors (Lipinski definition) is 7. The fraction of sp³-hybridized carbons (Fsp3) is 0.111. The Morgan fingerprint density at radius 3 is 2.81 bits per heavy atom. The molecular formula is C18H13N3O5. The highest BCUT2D eigenvalue weighted by molar-refractivity contribution is 5.84. The number of phenols is 1. The lowest BCUT2D eigenvalue weighted by atomic mass is 10.1. The lowest BCUT2D eigenvalue weighted by molar-refractivity contribution is 0.378. The first-order chi connectivity index (χ1) is 12.5. The van der Waals surface area contributed by atoms with Crippen molar-refractivity contribution in [1.82, 2.24) is 14.7 Å². The Morgan fingerprint density at radius 1 is 1.19 bits per heavy atom. The van der Waals surface area contributed by atoms with E-state index >= 15 is 0 Å². The maximum Gasteiger partial charge on any atom is 0.442 e. The third-order valence-corrected chi connectivity index (χ3v) is 4.13. The molecule has 0 aliphatic heterocycles. The molecule has 130 valence electrons. The number of nitrogens with zero attached hydrogens (tertiary/aromatic N) is 3. The number of aromatic hydroxyl groups is 1. The van der Waals surface area contributed by atoms with Gasteiger partial charge in [-0.3, -0.25) is 14.1 Å². The number of aromatic nitrogens is 3. The van der Waals surface area contributed by atoms with Crippen LogP contribution in [-0.2, 0) is 6.54 Å². The van der Waals surface area contributed by atoms with Crippen LogP contribution in [0.25, 0.3) is 22.5 Å². The van der Waals surface area contributed by atoms with Gasteiger partial charge in [-0.15, -0.1) is 0 Å². The molecule has 0 saturated heterocycles. The van der Waals surface area contributed by atoms with Gasteiger partial charge in [-0.2, -0.15) is 0 Å². The number of benzene rings is 1. The second-order valence-corrected chi connectivity index (χ2v) is 5.75. The quantitative estimate of drug-likeness (QED) is 0.562. The fourth-order valence-electron chi connectivity index (χ4n) is 2.80. The van der Waals surface area contributed by atoms with Crippen molar-refractivity contribution < 1.29 is 14.0 Å². The SMILES string of the molecule is Cc1c(O)ccc2c(Cn3c(-c4ccccn4)noc3=O)cc(=O)oc12. The summed E-state index contributed by atoms with van der Waals surface area (Å²) in [6.07, 6.45) is 1.58. The Kier molecular flexibility index (Phi) is 3.65. The first-order valence-electron chi connectivity index (χ1n) is 7.78. The monoisotopic (exact) mass is 351 g/mol. The van der Waals surface area contributed by atoms with Gasteiger partial charge in [0.1, 0.15) is 17.0 Å². The molecule has 26 heavy (non-hydrogen) atoms. The molecule has 0 amide bonds. The van der Waals surface area contributed by atoms with Crippen molar-refractivity contribution in [3.05, 3.63) is 74.7 Å². The first-order valence-corrected chi connectivity index (χ1v) is 7.78. The minimum atomic E-state index is -0.664. The third-order valence-electron chi connectivity index (χ3n) is 4.13. The molecule has 0 fully saturated rings. The van der Waals surface area contributed by atoms with E-state index in [1.54, 1.807) is 37.4 Å². The van der Waals surface area contributed by atoms with Gasteiger partial charge >= 0.3 is 11.4 Å². The molecule has 4 rings (SSSR count). The van der Waals surface area contributed by atoms with Crippen LogP contribution in [0.2, 0.25) is 0 Å². The molecule has 0 bridgehead atoms. The zero-order valence-electron chi connectivity index (χ0n) is 13.7. The zero-order chi connectivity index (χ0) is 18.3. The summed E-state index contributed by atoms with van der Waals surface area (Å²) in [5.41, 5.74) is 1.16. The van der Waals surface area contributed by atoms with Crippen LogP contribution in [0, 0.1) is 6.92 Å². The number of rotatable bonds is 3. The maximum absolute atomic E-state index is 12.1. The molecule has 0 saturated carbocycles. The molecule has 1 N–H and O–H groups in total. The predicted molar refractivity (Wildman–Crippen MR) is 92.0 cm³/mol. The molecule has 3 heterocycles. The van der Waals surface area contributed by atoms with Gasteiger partial charge in [0.15, 0.2) is 0 Å². The van der Waals surface area contributed by atoms with Crippen LogP contribution < -0.4 is 11.4 Å². The van der Waals surface area contributed by atoms with Gasteiger partial charge in [-0.05, 0) is 36.8 Å². The van der Waals surface area contributed by atoms with Crippen molar-refractivity contribution in [2.75, 3.05) is 0 Å². The van der Waals surface area contributed by atoms with Gasteiger partial charge in [0.2, 0.25) is 5.82 Å². The van der Waals surface area contributed by atoms with Crippen LogP contribution in [0.5, 0.6) is 5.75 Å². The Morgan fingerprint density at radius 2 is 2.04 bits per heavy atom. The molecule has 1 aromatic carbocycles. The highest BCUT2D eigenvalue weighted by atomic mass is 16.5. The second-order valence-electron chi connectivity index (χ2n) is 5.75. The van der Waals surface area contributed by atoms with Crippen molar-refractivity contribution in [3.8, 4) is 17.3 Å². The van der Waals surface area contributed by atoms with E-state index in [9.17, 15) is 14.7 Å². The summed E-state index contributed by atoms with van der Waals surface area (Å²) < 4.78 is 11.3. The van der Waals surface area contributed by atoms with Crippen LogP contribution >= 0.6 is 0 Å². The van der Waals surface area contributed by atoms with Crippen molar-refractivity contribution >= 4 is 11.0 Å². The number of phenolic OH excluding ortho intramolecular Hbond substituents is 1. The predicted octanol–water partition coefficient (Wildman–Crippen LogP) is 2.07. The summed E-state index contributed by atoms with van der Waals surface area (Å²) in [7, 11) is 0. The Hall–Kier alpha value is -3.68. The van der Waals surface area contributed by atoms with E-state index in [2.05, 4.69) is 10.1 Å². The smallest absolute Gasteiger partial charge is 0.442 e. The molecule has 0 radical (unpaired) electrons. The molecule has 0 aliphatic carbocycles. The Labute approximate surface area is 145 Å². The van der Waals surface area contributed by atoms with Crippen LogP contribution in [0.15, 0.2) is 61.1 Å². The summed E-state index contributed by atoms with van der Waals surface area (Å²) >= 11 is 0. The van der Waals surface area contributed by atoms with Crippen LogP contribution in [-0.4, -0.2) is 19.8 Å². The van der Waals surface area contributed by atoms with E-state index in [0.29, 0.717) is 22.2 Å². The molecule has 4 aromatic rings. The summed E-state index contributed by atoms with van der Waals surface area (Å²) in [6.45, 7) is 1.69. The fourth-order valence-corrected chi connectivity index (χ4v) is 2.80. The summed E-state index contributed by atoms with van der Waals surface area (Å²) in [6, 6.07) is 9.67. The van der Waals surface area contributed by atoms with Crippen LogP contribution in [0.3, 0.4) is 0 Å².